The number of hydrogen-bond acceptors (Lipinski definition) is 42. The van der Waals surface area contributed by atoms with E-state index in [9.17, 15) is 122 Å². The summed E-state index contributed by atoms with van der Waals surface area (Å²) in [5, 5.41) is 244. The van der Waals surface area contributed by atoms with Crippen LogP contribution >= 0.6 is 0 Å². The molecule has 22 N–H and O–H groups in total. The smallest absolute Gasteiger partial charge is 0.335 e. The maximum absolute atomic E-state index is 16.6. The second-order valence-electron chi connectivity index (χ2n) is 42.4. The summed E-state index contributed by atoms with van der Waals surface area (Å²) in [6.07, 6.45) is -60.4. The lowest BCUT2D eigenvalue weighted by Gasteiger charge is -2.71. The topological polar surface area (TPSA) is 670 Å². The van der Waals surface area contributed by atoms with E-state index < -0.39 is 334 Å². The number of ether oxygens (including phenoxy) is 17. The molecule has 0 bridgehead atoms. The van der Waals surface area contributed by atoms with Crippen molar-refractivity contribution in [3.8, 4) is 0 Å². The van der Waals surface area contributed by atoms with Gasteiger partial charge in [-0.25, -0.2) is 4.79 Å². The fourth-order valence-electron chi connectivity index (χ4n) is 24.3. The quantitative estimate of drug-likeness (QED) is 0.0131. The summed E-state index contributed by atoms with van der Waals surface area (Å²) < 4.78 is 104. The van der Waals surface area contributed by atoms with Crippen molar-refractivity contribution in [2.24, 2.45) is 50.2 Å². The Kier molecular flexibility index (Phi) is 35.5. The van der Waals surface area contributed by atoms with E-state index in [4.69, 9.17) is 80.5 Å². The van der Waals surface area contributed by atoms with Crippen LogP contribution in [0.1, 0.15) is 211 Å². The molecule has 0 aromatic heterocycles. The summed E-state index contributed by atoms with van der Waals surface area (Å²) in [6.45, 7) is 18.6. The third-order valence-electron chi connectivity index (χ3n) is 32.7. The van der Waals surface area contributed by atoms with E-state index in [2.05, 4.69) is 54.5 Å². The molecule has 0 spiro atoms. The number of allylic oxidation sites excluding steroid dienone is 2. The van der Waals surface area contributed by atoms with Crippen molar-refractivity contribution in [3.63, 3.8) is 0 Å². The maximum Gasteiger partial charge on any atom is 0.335 e. The normalized spacial score (nSPS) is 49.0. The molecule has 0 aromatic carbocycles. The van der Waals surface area contributed by atoms with Gasteiger partial charge in [0.15, 0.2) is 62.3 Å². The molecule has 13 aliphatic rings. The molecule has 48 atom stereocenters. The molecular formula is C92H150O43. The first-order chi connectivity index (χ1) is 63.5. The van der Waals surface area contributed by atoms with Crippen molar-refractivity contribution in [1.29, 1.82) is 0 Å². The molecule has 0 aromatic rings. The number of fused-ring (bicyclic) bond motifs is 7. The summed E-state index contributed by atoms with van der Waals surface area (Å²) in [7, 11) is 0. The van der Waals surface area contributed by atoms with Crippen LogP contribution in [0.15, 0.2) is 11.6 Å². The molecule has 135 heavy (non-hydrogen) atoms. The first-order valence-electron chi connectivity index (χ1n) is 48.2. The standard InChI is InChI=1S/C92H150O43/c1-38-54(99)59(104)65(110)78(122-38)119-31-19-15-14-17-21-42(94)20-16-12-13-18-22-43(126-80-66(111)60(105)55(100)39(2)123-80)32-53(98)129-71-40(3)125-85(76(69(71)114)134-84-75(70(115)72(41(4)124-84)130-79-64(109)56(101)46(95)36-120-79)133-83-74(57(102)47(96)37-121-83)132-81-67(112)61(106)58(103)48(35-93)127-81)135-86(118)92-30-29-87(5,6)33-45(92)44-23-24-50-89(9)27-26-52(128-82-68(113)62(107)63(108)73(131-82)77(116)117)88(7,8)49(89)25-28-90(50,10)91(44,11)34-51(92)97/h23,38-41,43,45-52,54-76,78-85,93,95-97,99-115H,12-22,24-37H2,1-11H3,(H,116,117)/t38-,39+,40+,41-,43?,45-,46+,47-,48+,49-,50+,51+,52-,54-,55+,56-,57-,58-,59+,60-,61-,62-,63-,64+,65+,66-,67+,68+,69-,70+,71-,72-,73-,74+,75+,76+,78+,79-,80+,81?,82+,83-,84-,85-,89-,90+,91+,92+/m0/s1. The second-order valence-corrected chi connectivity index (χ2v) is 42.4. The number of ketones is 1. The van der Waals surface area contributed by atoms with Gasteiger partial charge in [0.2, 0.25) is 6.29 Å². The Morgan fingerprint density at radius 3 is 1.61 bits per heavy atom. The number of carboxylic acid groups (broad SMARTS) is 1. The summed E-state index contributed by atoms with van der Waals surface area (Å²) in [5.41, 5.74) is -3.81. The lowest BCUT2D eigenvalue weighted by Crippen LogP contribution is -2.69. The highest BCUT2D eigenvalue weighted by Crippen LogP contribution is 2.76. The molecule has 0 amide bonds. The monoisotopic (exact) mass is 1940 g/mol. The molecule has 4 saturated carbocycles. The Morgan fingerprint density at radius 2 is 0.963 bits per heavy atom. The Bertz CT molecular complexity index is 3920. The number of aliphatic hydroxyl groups is 21. The van der Waals surface area contributed by atoms with E-state index in [1.165, 1.54) is 20.8 Å². The predicted octanol–water partition coefficient (Wildman–Crippen LogP) is -3.13. The van der Waals surface area contributed by atoms with Gasteiger partial charge >= 0.3 is 17.9 Å². The van der Waals surface area contributed by atoms with Gasteiger partial charge in [-0.05, 0) is 156 Å². The third kappa shape index (κ3) is 22.0. The van der Waals surface area contributed by atoms with Gasteiger partial charge < -0.3 is 193 Å². The molecular weight excluding hydrogens is 1790 g/mol. The van der Waals surface area contributed by atoms with Gasteiger partial charge in [-0.1, -0.05) is 92.2 Å². The number of unbranched alkanes of at least 4 members (excludes halogenated alkanes) is 6. The fourth-order valence-corrected chi connectivity index (χ4v) is 24.3. The van der Waals surface area contributed by atoms with Crippen LogP contribution in [0, 0.1) is 50.2 Å². The number of aliphatic carboxylic acids is 1. The minimum Gasteiger partial charge on any atom is -0.479 e. The van der Waals surface area contributed by atoms with Crippen LogP contribution in [0.5, 0.6) is 0 Å². The van der Waals surface area contributed by atoms with Crippen LogP contribution in [0.4, 0.5) is 0 Å². The highest BCUT2D eigenvalue weighted by atomic mass is 16.8. The van der Waals surface area contributed by atoms with E-state index in [0.29, 0.717) is 103 Å². The van der Waals surface area contributed by atoms with Gasteiger partial charge in [0.05, 0.1) is 69.0 Å². The minimum absolute atomic E-state index is 0.0345. The fraction of sp³-hybridized carbons (Fsp3) is 0.935. The van der Waals surface area contributed by atoms with Gasteiger partial charge in [-0.2, -0.15) is 0 Å². The Hall–Kier alpha value is -3.62. The molecule has 43 heteroatoms. The van der Waals surface area contributed by atoms with Gasteiger partial charge in [-0.3, -0.25) is 14.4 Å². The summed E-state index contributed by atoms with van der Waals surface area (Å²) in [6, 6.07) is 0. The second kappa shape index (κ2) is 44.1. The largest absolute Gasteiger partial charge is 0.479 e. The van der Waals surface area contributed by atoms with Gasteiger partial charge in [0.1, 0.15) is 152 Å². The number of carboxylic acids is 1. The lowest BCUT2D eigenvalue weighted by atomic mass is 9.33. The van der Waals surface area contributed by atoms with E-state index in [1.54, 1.807) is 6.92 Å². The first kappa shape index (κ1) is 109. The Morgan fingerprint density at radius 1 is 0.444 bits per heavy atom. The van der Waals surface area contributed by atoms with Crippen molar-refractivity contribution in [3.05, 3.63) is 11.6 Å². The Balaban J connectivity index is 0.776. The average molecular weight is 1940 g/mol. The van der Waals surface area contributed by atoms with Crippen molar-refractivity contribution < 1.29 is 212 Å². The maximum atomic E-state index is 16.6. The number of esters is 2. The van der Waals surface area contributed by atoms with Crippen LogP contribution < -0.4 is 0 Å². The summed E-state index contributed by atoms with van der Waals surface area (Å²) >= 11 is 0. The number of hydrogen-bond donors (Lipinski definition) is 22. The molecule has 776 valence electrons. The molecule has 0 radical (unpaired) electrons. The molecule has 8 heterocycles. The van der Waals surface area contributed by atoms with Crippen molar-refractivity contribution in [2.45, 2.75) is 463 Å². The first-order valence-corrected chi connectivity index (χ1v) is 48.2. The van der Waals surface area contributed by atoms with Crippen LogP contribution in [-0.4, -0.2) is 414 Å². The van der Waals surface area contributed by atoms with Crippen molar-refractivity contribution in [1.82, 2.24) is 0 Å². The van der Waals surface area contributed by atoms with Gasteiger partial charge in [0, 0.05) is 19.4 Å². The van der Waals surface area contributed by atoms with Crippen molar-refractivity contribution in [2.75, 3.05) is 26.4 Å². The van der Waals surface area contributed by atoms with Crippen molar-refractivity contribution >= 4 is 23.7 Å². The zero-order chi connectivity index (χ0) is 98.7. The highest BCUT2D eigenvalue weighted by Gasteiger charge is 2.73. The number of Topliss-reactive ketones (excluding diaryl/α,β-unsaturated/α-hetero) is 1. The minimum atomic E-state index is -2.22. The van der Waals surface area contributed by atoms with Gasteiger partial charge in [-0.15, -0.1) is 0 Å². The Labute approximate surface area is 783 Å². The highest BCUT2D eigenvalue weighted by molar-refractivity contribution is 5.80. The van der Waals surface area contributed by atoms with E-state index in [1.807, 2.05) is 0 Å². The number of carbonyl (C=O) groups excluding carboxylic acids is 3. The van der Waals surface area contributed by atoms with Crippen LogP contribution in [0.2, 0.25) is 0 Å². The van der Waals surface area contributed by atoms with Crippen LogP contribution in [-0.2, 0) is 99.7 Å². The zero-order valence-corrected chi connectivity index (χ0v) is 78.6. The SMILES string of the molecule is C[C@@H]1O[C@@H](OCCCCCCC(=O)CCCCCCC(CC(=O)O[C@@H]2[C@H](O)[C@@H](O[C@@H]3O[C@@H](C)[C@H](O[C@@H]4OC[C@@H](O)[C@H](O)[C@H]4O)[C@@H](O)[C@H]3O[C@@H]3OC[C@H](O)[C@H](O)[C@H]3OC3O[C@H](CO)[C@H](O)[C@H](O)[C@H]3O)[C@H](OC(=O)[C@]34CCC(C)(C)C[C@H]3C3=CC[C@@H]5[C@@]6(C)CC[C@H](O[C@@H]7O[C@H](C(=O)O)[C@@H](O)[C@H](O)[C@H]7O)C(C)(C)[C@@H]6CC[C@@]5(C)[C@]3(C)C[C@H]4O)O[C@@H]2C)O[C@H]2O[C@H](C)[C@@H](O)[C@H](O)[C@@H]2O)[C@H](O)[C@H](O)[C@H]1O. The number of carbonyl (C=O) groups is 4. The van der Waals surface area contributed by atoms with E-state index in [-0.39, 0.29) is 49.9 Å². The predicted molar refractivity (Wildman–Crippen MR) is 455 cm³/mol. The van der Waals surface area contributed by atoms with Crippen LogP contribution in [0.3, 0.4) is 0 Å². The number of aliphatic hydroxyl groups excluding tert-OH is 21. The third-order valence-corrected chi connectivity index (χ3v) is 32.7. The number of rotatable bonds is 34. The van der Waals surface area contributed by atoms with E-state index >= 15 is 9.59 Å². The van der Waals surface area contributed by atoms with Gasteiger partial charge in [0.25, 0.3) is 0 Å². The lowest BCUT2D eigenvalue weighted by molar-refractivity contribution is -0.404. The molecule has 12 fully saturated rings. The molecule has 43 nitrogen and oxygen atoms in total. The van der Waals surface area contributed by atoms with Crippen LogP contribution in [0.25, 0.3) is 0 Å². The zero-order valence-electron chi connectivity index (χ0n) is 78.6. The summed E-state index contributed by atoms with van der Waals surface area (Å²) in [5.74, 6) is -4.45. The molecule has 2 unspecified atom stereocenters. The molecule has 5 aliphatic carbocycles. The molecule has 8 saturated heterocycles. The molecule has 13 rings (SSSR count). The molecule has 8 aliphatic heterocycles. The summed E-state index contributed by atoms with van der Waals surface area (Å²) in [4.78, 5) is 56.9. The van der Waals surface area contributed by atoms with E-state index in [0.717, 1.165) is 5.57 Å². The average Bonchev–Trinajstić information content (AvgIpc) is 0.668.